The lowest BCUT2D eigenvalue weighted by atomic mass is 10.1. The first-order valence-corrected chi connectivity index (χ1v) is 10.6. The van der Waals surface area contributed by atoms with Crippen molar-refractivity contribution in [3.05, 3.63) is 29.3 Å². The fourth-order valence-corrected chi connectivity index (χ4v) is 4.14. The molecule has 0 radical (unpaired) electrons. The molecule has 0 bridgehead atoms. The van der Waals surface area contributed by atoms with E-state index in [4.69, 9.17) is 0 Å². The molecular weight excluding hydrogens is 456 g/mol. The number of piperazine rings is 1. The second-order valence-electron chi connectivity index (χ2n) is 8.51. The van der Waals surface area contributed by atoms with E-state index in [0.717, 1.165) is 41.2 Å². The van der Waals surface area contributed by atoms with E-state index in [1.807, 2.05) is 24.0 Å². The molecule has 2 fully saturated rings. The number of benzene rings is 1. The Morgan fingerprint density at radius 2 is 1.73 bits per heavy atom. The van der Waals surface area contributed by atoms with Crippen LogP contribution in [0.1, 0.15) is 17.5 Å². The Labute approximate surface area is 187 Å². The third-order valence-electron chi connectivity index (χ3n) is 6.01. The lowest BCUT2D eigenvalue weighted by Gasteiger charge is -2.35. The summed E-state index contributed by atoms with van der Waals surface area (Å²) in [7, 11) is 0. The molecule has 1 aromatic rings. The minimum Gasteiger partial charge on any atom is -0.426 e. The molecule has 12 heteroatoms. The van der Waals surface area contributed by atoms with Crippen molar-refractivity contribution in [3.8, 4) is 0 Å². The first kappa shape index (κ1) is 25.4. The van der Waals surface area contributed by atoms with Crippen LogP contribution in [-0.2, 0) is 11.3 Å². The number of carbonyl (C=O) groups is 1. The van der Waals surface area contributed by atoms with E-state index in [9.17, 15) is 36.2 Å². The summed E-state index contributed by atoms with van der Waals surface area (Å²) in [5.74, 6) is 0.246. The predicted molar refractivity (Wildman–Crippen MR) is 108 cm³/mol. The second kappa shape index (κ2) is 9.96. The minimum atomic E-state index is -5.73. The number of rotatable bonds is 5. The van der Waals surface area contributed by atoms with Crippen LogP contribution >= 0.6 is 0 Å². The zero-order chi connectivity index (χ0) is 24.4. The predicted octanol–water partition coefficient (Wildman–Crippen LogP) is 3.56. The monoisotopic (exact) mass is 483 g/mol. The van der Waals surface area contributed by atoms with Gasteiger partial charge in [-0.25, -0.2) is 4.79 Å². The van der Waals surface area contributed by atoms with Gasteiger partial charge in [-0.1, -0.05) is 12.1 Å². The number of ether oxygens (including phenoxy) is 1. The molecule has 0 saturated carbocycles. The van der Waals surface area contributed by atoms with E-state index >= 15 is 0 Å². The molecular formula is C21H27F6N3O3. The molecule has 2 aliphatic rings. The summed E-state index contributed by atoms with van der Waals surface area (Å²) in [6.07, 6.45) is -16.3. The number of aliphatic hydroxyl groups excluding tert-OH is 1. The van der Waals surface area contributed by atoms with Crippen molar-refractivity contribution in [1.82, 2.24) is 9.80 Å². The van der Waals surface area contributed by atoms with Gasteiger partial charge in [0.25, 0.3) is 6.10 Å². The topological polar surface area (TPSA) is 56.2 Å². The van der Waals surface area contributed by atoms with Gasteiger partial charge in [-0.2, -0.15) is 26.3 Å². The Balaban J connectivity index is 1.55. The van der Waals surface area contributed by atoms with E-state index in [2.05, 4.69) is 15.7 Å². The molecule has 6 nitrogen and oxygen atoms in total. The number of alkyl halides is 6. The average Bonchev–Trinajstić information content (AvgIpc) is 3.21. The summed E-state index contributed by atoms with van der Waals surface area (Å²) in [5.41, 5.74) is 3.19. The molecule has 0 aromatic heterocycles. The van der Waals surface area contributed by atoms with Crippen LogP contribution in [0, 0.1) is 12.8 Å². The molecule has 186 valence electrons. The van der Waals surface area contributed by atoms with Crippen molar-refractivity contribution in [1.29, 1.82) is 0 Å². The Bertz CT molecular complexity index is 810. The molecule has 0 spiro atoms. The molecule has 2 heterocycles. The molecule has 3 rings (SSSR count). The number of hydrogen-bond donors (Lipinski definition) is 1. The highest BCUT2D eigenvalue weighted by molar-refractivity contribution is 5.68. The molecule has 33 heavy (non-hydrogen) atoms. The summed E-state index contributed by atoms with van der Waals surface area (Å²) >= 11 is 0. The van der Waals surface area contributed by atoms with Gasteiger partial charge < -0.3 is 19.6 Å². The fraction of sp³-hybridized carbons (Fsp3) is 0.667. The van der Waals surface area contributed by atoms with Gasteiger partial charge in [-0.3, -0.25) is 4.90 Å². The van der Waals surface area contributed by atoms with Gasteiger partial charge in [0.1, 0.15) is 0 Å². The van der Waals surface area contributed by atoms with E-state index < -0.39 is 24.5 Å². The molecule has 2 aliphatic heterocycles. The number of nitrogens with zero attached hydrogens (tertiary/aromatic N) is 3. The van der Waals surface area contributed by atoms with Gasteiger partial charge in [0.15, 0.2) is 0 Å². The molecule has 0 aliphatic carbocycles. The zero-order valence-corrected chi connectivity index (χ0v) is 18.1. The maximum atomic E-state index is 12.6. The van der Waals surface area contributed by atoms with E-state index in [0.29, 0.717) is 6.54 Å². The van der Waals surface area contributed by atoms with Gasteiger partial charge in [0.2, 0.25) is 0 Å². The summed E-state index contributed by atoms with van der Waals surface area (Å²) in [6, 6.07) is 6.03. The van der Waals surface area contributed by atoms with Crippen molar-refractivity contribution >= 4 is 11.8 Å². The number of halogens is 6. The summed E-state index contributed by atoms with van der Waals surface area (Å²) in [5, 5.41) is 9.38. The Morgan fingerprint density at radius 3 is 2.27 bits per heavy atom. The first-order valence-electron chi connectivity index (χ1n) is 10.6. The van der Waals surface area contributed by atoms with Gasteiger partial charge in [-0.05, 0) is 30.5 Å². The maximum Gasteiger partial charge on any atom is 0.434 e. The van der Waals surface area contributed by atoms with E-state index in [-0.39, 0.29) is 38.7 Å². The number of aryl methyl sites for hydroxylation is 1. The third kappa shape index (κ3) is 6.44. The average molecular weight is 483 g/mol. The highest BCUT2D eigenvalue weighted by Crippen LogP contribution is 2.36. The van der Waals surface area contributed by atoms with Crippen molar-refractivity contribution in [3.63, 3.8) is 0 Å². The highest BCUT2D eigenvalue weighted by atomic mass is 19.4. The van der Waals surface area contributed by atoms with E-state index in [1.54, 1.807) is 0 Å². The fourth-order valence-electron chi connectivity index (χ4n) is 4.14. The van der Waals surface area contributed by atoms with Gasteiger partial charge in [0, 0.05) is 64.0 Å². The molecule has 2 saturated heterocycles. The number of amides is 1. The van der Waals surface area contributed by atoms with Crippen LogP contribution in [0.25, 0.3) is 0 Å². The zero-order valence-electron chi connectivity index (χ0n) is 18.1. The van der Waals surface area contributed by atoms with Crippen molar-refractivity contribution in [2.45, 2.75) is 38.3 Å². The second-order valence-corrected chi connectivity index (χ2v) is 8.51. The van der Waals surface area contributed by atoms with Crippen molar-refractivity contribution in [2.24, 2.45) is 5.92 Å². The van der Waals surface area contributed by atoms with Gasteiger partial charge in [0.05, 0.1) is 0 Å². The summed E-state index contributed by atoms with van der Waals surface area (Å²) in [6.45, 7) is 4.81. The van der Waals surface area contributed by atoms with Gasteiger partial charge in [-0.15, -0.1) is 0 Å². The van der Waals surface area contributed by atoms with Crippen molar-refractivity contribution < 1.29 is 41.0 Å². The number of carbonyl (C=O) groups excluding carboxylic acids is 1. The van der Waals surface area contributed by atoms with Crippen LogP contribution in [0.15, 0.2) is 18.2 Å². The minimum absolute atomic E-state index is 0.0374. The standard InChI is InChI=1S/C21H27F6N3O3/c1-14-2-3-15(10-17(14)30-5-4-16(12-30)13-31)11-28-6-8-29(9-7-28)19(32)33-18(20(22,23)24)21(25,26)27/h2-3,10,16,18,31H,4-9,11-13H2,1H3. The van der Waals surface area contributed by atoms with Crippen molar-refractivity contribution in [2.75, 3.05) is 50.8 Å². The van der Waals surface area contributed by atoms with Crippen LogP contribution in [0.2, 0.25) is 0 Å². The Morgan fingerprint density at radius 1 is 1.09 bits per heavy atom. The number of hydrogen-bond acceptors (Lipinski definition) is 5. The van der Waals surface area contributed by atoms with Crippen LogP contribution in [0.4, 0.5) is 36.8 Å². The third-order valence-corrected chi connectivity index (χ3v) is 6.01. The normalized spacial score (nSPS) is 20.6. The summed E-state index contributed by atoms with van der Waals surface area (Å²) in [4.78, 5) is 17.0. The van der Waals surface area contributed by atoms with E-state index in [1.165, 1.54) is 0 Å². The van der Waals surface area contributed by atoms with Gasteiger partial charge >= 0.3 is 18.4 Å². The molecule has 1 unspecified atom stereocenters. The number of aliphatic hydroxyl groups is 1. The first-order chi connectivity index (χ1) is 15.4. The van der Waals surface area contributed by atoms with Crippen LogP contribution in [-0.4, -0.2) is 85.3 Å². The Kier molecular flexibility index (Phi) is 7.67. The molecule has 1 amide bonds. The van der Waals surface area contributed by atoms with Crippen LogP contribution in [0.5, 0.6) is 0 Å². The molecule has 1 N–H and O–H groups in total. The lowest BCUT2D eigenvalue weighted by Crippen LogP contribution is -2.52. The lowest BCUT2D eigenvalue weighted by molar-refractivity contribution is -0.308. The maximum absolute atomic E-state index is 12.6. The molecule has 1 aromatic carbocycles. The van der Waals surface area contributed by atoms with Crippen LogP contribution < -0.4 is 4.90 Å². The Hall–Kier alpha value is -2.21. The quantitative estimate of drug-likeness (QED) is 0.650. The SMILES string of the molecule is Cc1ccc(CN2CCN(C(=O)OC(C(F)(F)F)C(F)(F)F)CC2)cc1N1CCC(CO)C1. The summed E-state index contributed by atoms with van der Waals surface area (Å²) < 4.78 is 79.5. The highest BCUT2D eigenvalue weighted by Gasteiger charge is 2.60. The smallest absolute Gasteiger partial charge is 0.426 e. The number of anilines is 1. The molecule has 1 atom stereocenters. The largest absolute Gasteiger partial charge is 0.434 e. The van der Waals surface area contributed by atoms with Crippen LogP contribution in [0.3, 0.4) is 0 Å².